The quantitative estimate of drug-likeness (QED) is 0.886. The summed E-state index contributed by atoms with van der Waals surface area (Å²) >= 11 is 3.39. The van der Waals surface area contributed by atoms with Crippen LogP contribution in [0.15, 0.2) is 22.7 Å². The van der Waals surface area contributed by atoms with Crippen molar-refractivity contribution in [3.63, 3.8) is 0 Å². The average Bonchev–Trinajstić information content (AvgIpc) is 2.14. The smallest absolute Gasteiger partial charge is 0.251 e. The molecule has 0 aromatic heterocycles. The van der Waals surface area contributed by atoms with Gasteiger partial charge in [-0.15, -0.1) is 0 Å². The van der Waals surface area contributed by atoms with Crippen LogP contribution in [0.1, 0.15) is 15.9 Å². The van der Waals surface area contributed by atoms with E-state index < -0.39 is 0 Å². The first-order chi connectivity index (χ1) is 7.66. The molecular weight excluding hydrogens is 268 g/mol. The van der Waals surface area contributed by atoms with Crippen molar-refractivity contribution in [1.82, 2.24) is 10.6 Å². The van der Waals surface area contributed by atoms with E-state index >= 15 is 0 Å². The summed E-state index contributed by atoms with van der Waals surface area (Å²) in [5.41, 5.74) is 1.76. The van der Waals surface area contributed by atoms with Crippen molar-refractivity contribution in [2.75, 3.05) is 19.6 Å². The minimum Gasteiger partial charge on any atom is -0.352 e. The predicted molar refractivity (Wildman–Crippen MR) is 67.6 cm³/mol. The Kier molecular flexibility index (Phi) is 3.61. The van der Waals surface area contributed by atoms with Gasteiger partial charge >= 0.3 is 0 Å². The van der Waals surface area contributed by atoms with E-state index in [-0.39, 0.29) is 5.91 Å². The minimum atomic E-state index is 0.0249. The molecule has 0 radical (unpaired) electrons. The number of carbonyl (C=O) groups is 1. The lowest BCUT2D eigenvalue weighted by Gasteiger charge is -2.27. The molecule has 1 aliphatic heterocycles. The van der Waals surface area contributed by atoms with Crippen molar-refractivity contribution in [2.45, 2.75) is 6.92 Å². The topological polar surface area (TPSA) is 41.1 Å². The highest BCUT2D eigenvalue weighted by molar-refractivity contribution is 9.10. The molecule has 1 aromatic carbocycles. The SMILES string of the molecule is Cc1cc(Br)ccc1C(=O)NCC1CNC1. The molecule has 4 heteroatoms. The second kappa shape index (κ2) is 4.97. The number of benzene rings is 1. The third-order valence-electron chi connectivity index (χ3n) is 2.85. The Morgan fingerprint density at radius 2 is 2.31 bits per heavy atom. The van der Waals surface area contributed by atoms with Gasteiger partial charge < -0.3 is 10.6 Å². The fourth-order valence-corrected chi connectivity index (χ4v) is 2.18. The Balaban J connectivity index is 1.96. The Morgan fingerprint density at radius 3 is 2.88 bits per heavy atom. The van der Waals surface area contributed by atoms with Gasteiger partial charge in [-0.3, -0.25) is 4.79 Å². The third kappa shape index (κ3) is 2.62. The van der Waals surface area contributed by atoms with E-state index in [1.807, 2.05) is 25.1 Å². The second-order valence-corrected chi connectivity index (χ2v) is 5.11. The Labute approximate surface area is 104 Å². The van der Waals surface area contributed by atoms with Crippen LogP contribution >= 0.6 is 15.9 Å². The summed E-state index contributed by atoms with van der Waals surface area (Å²) in [6.07, 6.45) is 0. The van der Waals surface area contributed by atoms with Gasteiger partial charge in [-0.25, -0.2) is 0 Å². The van der Waals surface area contributed by atoms with E-state index in [1.54, 1.807) is 0 Å². The molecule has 1 heterocycles. The van der Waals surface area contributed by atoms with Gasteiger partial charge in [0, 0.05) is 35.6 Å². The maximum atomic E-state index is 11.9. The van der Waals surface area contributed by atoms with Crippen LogP contribution in [0.2, 0.25) is 0 Å². The Bertz CT molecular complexity index is 402. The maximum Gasteiger partial charge on any atom is 0.251 e. The zero-order valence-electron chi connectivity index (χ0n) is 9.22. The number of nitrogens with one attached hydrogen (secondary N) is 2. The molecule has 2 N–H and O–H groups in total. The molecule has 0 atom stereocenters. The van der Waals surface area contributed by atoms with Gasteiger partial charge in [-0.05, 0) is 30.7 Å². The number of hydrogen-bond acceptors (Lipinski definition) is 2. The zero-order chi connectivity index (χ0) is 11.5. The van der Waals surface area contributed by atoms with Gasteiger partial charge in [0.2, 0.25) is 0 Å². The first-order valence-electron chi connectivity index (χ1n) is 5.42. The first kappa shape index (κ1) is 11.6. The van der Waals surface area contributed by atoms with Crippen LogP contribution in [0.5, 0.6) is 0 Å². The highest BCUT2D eigenvalue weighted by Crippen LogP contribution is 2.15. The van der Waals surface area contributed by atoms with Gasteiger partial charge in [-0.1, -0.05) is 15.9 Å². The number of rotatable bonds is 3. The van der Waals surface area contributed by atoms with E-state index in [1.165, 1.54) is 0 Å². The Morgan fingerprint density at radius 1 is 1.56 bits per heavy atom. The lowest BCUT2D eigenvalue weighted by molar-refractivity contribution is 0.0941. The predicted octanol–water partition coefficient (Wildman–Crippen LogP) is 1.71. The van der Waals surface area contributed by atoms with Crippen molar-refractivity contribution in [3.05, 3.63) is 33.8 Å². The molecule has 0 saturated carbocycles. The van der Waals surface area contributed by atoms with Crippen LogP contribution in [-0.2, 0) is 0 Å². The van der Waals surface area contributed by atoms with Crippen molar-refractivity contribution >= 4 is 21.8 Å². The molecule has 3 nitrogen and oxygen atoms in total. The molecule has 1 aromatic rings. The average molecular weight is 283 g/mol. The summed E-state index contributed by atoms with van der Waals surface area (Å²) in [4.78, 5) is 11.9. The number of amides is 1. The maximum absolute atomic E-state index is 11.9. The van der Waals surface area contributed by atoms with E-state index in [4.69, 9.17) is 0 Å². The summed E-state index contributed by atoms with van der Waals surface area (Å²) in [7, 11) is 0. The van der Waals surface area contributed by atoms with Gasteiger partial charge in [0.05, 0.1) is 0 Å². The number of halogens is 1. The summed E-state index contributed by atoms with van der Waals surface area (Å²) in [5, 5.41) is 6.15. The molecule has 1 fully saturated rings. The molecule has 1 saturated heterocycles. The molecule has 0 aliphatic carbocycles. The summed E-state index contributed by atoms with van der Waals surface area (Å²) < 4.78 is 1.00. The van der Waals surface area contributed by atoms with Crippen molar-refractivity contribution in [3.8, 4) is 0 Å². The van der Waals surface area contributed by atoms with Gasteiger partial charge in [-0.2, -0.15) is 0 Å². The molecular formula is C12H15BrN2O. The van der Waals surface area contributed by atoms with Crippen LogP contribution in [0.25, 0.3) is 0 Å². The van der Waals surface area contributed by atoms with Crippen LogP contribution in [0.3, 0.4) is 0 Å². The summed E-state index contributed by atoms with van der Waals surface area (Å²) in [5.74, 6) is 0.622. The fourth-order valence-electron chi connectivity index (χ4n) is 1.71. The van der Waals surface area contributed by atoms with E-state index in [0.717, 1.165) is 35.2 Å². The zero-order valence-corrected chi connectivity index (χ0v) is 10.8. The van der Waals surface area contributed by atoms with Gasteiger partial charge in [0.15, 0.2) is 0 Å². The molecule has 86 valence electrons. The highest BCUT2D eigenvalue weighted by Gasteiger charge is 2.18. The number of hydrogen-bond donors (Lipinski definition) is 2. The third-order valence-corrected chi connectivity index (χ3v) is 3.34. The molecule has 1 amide bonds. The fraction of sp³-hybridized carbons (Fsp3) is 0.417. The molecule has 0 spiro atoms. The number of carbonyl (C=O) groups excluding carboxylic acids is 1. The molecule has 0 unspecified atom stereocenters. The van der Waals surface area contributed by atoms with Crippen LogP contribution in [0, 0.1) is 12.8 Å². The molecule has 0 bridgehead atoms. The minimum absolute atomic E-state index is 0.0249. The molecule has 1 aliphatic rings. The Hall–Kier alpha value is -0.870. The van der Waals surface area contributed by atoms with Crippen LogP contribution in [-0.4, -0.2) is 25.5 Å². The summed E-state index contributed by atoms with van der Waals surface area (Å²) in [6, 6.07) is 5.71. The molecule has 16 heavy (non-hydrogen) atoms. The van der Waals surface area contributed by atoms with Gasteiger partial charge in [0.25, 0.3) is 5.91 Å². The first-order valence-corrected chi connectivity index (χ1v) is 6.21. The normalized spacial score (nSPS) is 15.6. The van der Waals surface area contributed by atoms with Crippen molar-refractivity contribution in [2.24, 2.45) is 5.92 Å². The van der Waals surface area contributed by atoms with E-state index in [2.05, 4.69) is 26.6 Å². The largest absolute Gasteiger partial charge is 0.352 e. The standard InChI is InChI=1S/C12H15BrN2O/c1-8-4-10(13)2-3-11(8)12(16)15-7-9-5-14-6-9/h2-4,9,14H,5-7H2,1H3,(H,15,16). The monoisotopic (exact) mass is 282 g/mol. The second-order valence-electron chi connectivity index (χ2n) is 4.19. The van der Waals surface area contributed by atoms with E-state index in [0.29, 0.717) is 5.92 Å². The highest BCUT2D eigenvalue weighted by atomic mass is 79.9. The lowest BCUT2D eigenvalue weighted by Crippen LogP contribution is -2.48. The lowest BCUT2D eigenvalue weighted by atomic mass is 10.0. The van der Waals surface area contributed by atoms with Crippen LogP contribution < -0.4 is 10.6 Å². The molecule has 2 rings (SSSR count). The number of aryl methyl sites for hydroxylation is 1. The van der Waals surface area contributed by atoms with Crippen LogP contribution in [0.4, 0.5) is 0 Å². The van der Waals surface area contributed by atoms with Gasteiger partial charge in [0.1, 0.15) is 0 Å². The summed E-state index contributed by atoms with van der Waals surface area (Å²) in [6.45, 7) is 4.74. The van der Waals surface area contributed by atoms with Crippen molar-refractivity contribution < 1.29 is 4.79 Å². The van der Waals surface area contributed by atoms with E-state index in [9.17, 15) is 4.79 Å². The van der Waals surface area contributed by atoms with Crippen molar-refractivity contribution in [1.29, 1.82) is 0 Å².